The average Bonchev–Trinajstić information content (AvgIpc) is 2.86. The molecule has 0 saturated carbocycles. The van der Waals surface area contributed by atoms with Crippen LogP contribution in [0.2, 0.25) is 0 Å². The Hall–Kier alpha value is -1.58. The number of anilines is 2. The van der Waals surface area contributed by atoms with Crippen molar-refractivity contribution in [3.8, 4) is 0 Å². The zero-order chi connectivity index (χ0) is 16.1. The summed E-state index contributed by atoms with van der Waals surface area (Å²) in [5, 5.41) is 6.43. The van der Waals surface area contributed by atoms with Crippen molar-refractivity contribution in [3.63, 3.8) is 0 Å². The molecule has 1 heterocycles. The molecular weight excluding hydrogens is 386 g/mol. The van der Waals surface area contributed by atoms with Gasteiger partial charge >= 0.3 is 0 Å². The van der Waals surface area contributed by atoms with Gasteiger partial charge in [0.1, 0.15) is 5.82 Å². The summed E-state index contributed by atoms with van der Waals surface area (Å²) in [5.74, 6) is 0.458. The van der Waals surface area contributed by atoms with Gasteiger partial charge in [-0.2, -0.15) is 5.10 Å². The molecule has 2 rings (SSSR count). The van der Waals surface area contributed by atoms with Crippen molar-refractivity contribution in [1.29, 1.82) is 0 Å². The maximum atomic E-state index is 11.9. The molecule has 0 aliphatic carbocycles. The number of nitrogens with one attached hydrogen (secondary N) is 1. The second kappa shape index (κ2) is 7.61. The zero-order valence-corrected chi connectivity index (χ0v) is 15.1. The summed E-state index contributed by atoms with van der Waals surface area (Å²) in [4.78, 5) is 18.3. The van der Waals surface area contributed by atoms with E-state index in [-0.39, 0.29) is 5.24 Å². The van der Waals surface area contributed by atoms with Crippen molar-refractivity contribution in [2.24, 2.45) is 5.10 Å². The fraction of sp³-hybridized carbons (Fsp3) is 0.154. The number of thioether (sulfide) groups is 1. The number of benzene rings is 1. The largest absolute Gasteiger partial charge is 0.383 e. The van der Waals surface area contributed by atoms with Crippen LogP contribution in [0.25, 0.3) is 0 Å². The van der Waals surface area contributed by atoms with Crippen molar-refractivity contribution < 1.29 is 4.79 Å². The summed E-state index contributed by atoms with van der Waals surface area (Å²) in [6.07, 6.45) is 1.65. The van der Waals surface area contributed by atoms with Crippen LogP contribution < -0.4 is 11.2 Å². The Bertz CT molecular complexity index is 701. The third-order valence-corrected chi connectivity index (χ3v) is 4.80. The predicted octanol–water partition coefficient (Wildman–Crippen LogP) is 3.71. The summed E-state index contributed by atoms with van der Waals surface area (Å²) in [5.41, 5.74) is 9.19. The fourth-order valence-corrected chi connectivity index (χ4v) is 3.24. The minimum atomic E-state index is -0.0478. The molecule has 1 aromatic carbocycles. The van der Waals surface area contributed by atoms with Crippen molar-refractivity contribution in [2.45, 2.75) is 4.90 Å². The van der Waals surface area contributed by atoms with Gasteiger partial charge in [0.15, 0.2) is 0 Å². The van der Waals surface area contributed by atoms with E-state index in [0.29, 0.717) is 10.9 Å². The number of hydrogen-bond acceptors (Lipinski definition) is 7. The number of carbonyl (C=O) groups excluding carboxylic acids is 1. The molecule has 116 valence electrons. The Balaban J connectivity index is 2.13. The Morgan fingerprint density at radius 3 is 2.95 bits per heavy atom. The number of nitrogen functional groups attached to an aromatic ring is 1. The lowest BCUT2D eigenvalue weighted by Gasteiger charge is -2.11. The first kappa shape index (κ1) is 16.8. The molecule has 0 fully saturated rings. The normalized spacial score (nSPS) is 10.9. The van der Waals surface area contributed by atoms with Crippen LogP contribution in [0, 0.1) is 0 Å². The molecule has 0 aliphatic heterocycles. The van der Waals surface area contributed by atoms with Gasteiger partial charge in [0, 0.05) is 34.4 Å². The fourth-order valence-electron chi connectivity index (χ4n) is 1.38. The quantitative estimate of drug-likeness (QED) is 0.465. The molecule has 0 atom stereocenters. The third-order valence-electron chi connectivity index (χ3n) is 2.42. The van der Waals surface area contributed by atoms with Crippen molar-refractivity contribution in [3.05, 3.63) is 33.6 Å². The van der Waals surface area contributed by atoms with E-state index in [1.54, 1.807) is 25.7 Å². The van der Waals surface area contributed by atoms with Gasteiger partial charge < -0.3 is 10.6 Å². The Morgan fingerprint density at radius 1 is 1.55 bits per heavy atom. The third kappa shape index (κ3) is 4.72. The zero-order valence-electron chi connectivity index (χ0n) is 11.9. The second-order valence-electron chi connectivity index (χ2n) is 4.39. The van der Waals surface area contributed by atoms with E-state index >= 15 is 0 Å². The van der Waals surface area contributed by atoms with Crippen LogP contribution in [0.3, 0.4) is 0 Å². The number of aromatic nitrogens is 1. The van der Waals surface area contributed by atoms with E-state index in [2.05, 4.69) is 31.4 Å². The molecule has 0 spiro atoms. The molecule has 2 aromatic rings. The minimum absolute atomic E-state index is 0.0478. The van der Waals surface area contributed by atoms with E-state index < -0.39 is 0 Å². The number of nitrogens with zero attached hydrogens (tertiary/aromatic N) is 3. The van der Waals surface area contributed by atoms with Crippen molar-refractivity contribution in [1.82, 2.24) is 9.88 Å². The summed E-state index contributed by atoms with van der Waals surface area (Å²) in [6.45, 7) is 0. The molecule has 1 aromatic heterocycles. The Labute approximate surface area is 144 Å². The summed E-state index contributed by atoms with van der Waals surface area (Å²) >= 11 is 5.93. The number of carbonyl (C=O) groups is 1. The highest BCUT2D eigenvalue weighted by molar-refractivity contribution is 9.10. The molecule has 3 N–H and O–H groups in total. The number of thiazole rings is 1. The second-order valence-corrected chi connectivity index (χ2v) is 7.16. The van der Waals surface area contributed by atoms with E-state index in [9.17, 15) is 4.79 Å². The topological polar surface area (TPSA) is 83.6 Å². The monoisotopic (exact) mass is 399 g/mol. The standard InChI is InChI=1S/C13H14BrN5OS2/c1-19(2)13(20)22-10-5-9(14)4-3-8(10)6-16-18-12-17-11(15)7-21-12/h3-7H,15H2,1-2H3,(H,17,18). The van der Waals surface area contributed by atoms with Crippen LogP contribution in [-0.4, -0.2) is 35.4 Å². The summed E-state index contributed by atoms with van der Waals surface area (Å²) in [6, 6.07) is 5.67. The number of amides is 1. The van der Waals surface area contributed by atoms with Crippen molar-refractivity contribution >= 4 is 61.4 Å². The molecule has 1 amide bonds. The van der Waals surface area contributed by atoms with Gasteiger partial charge in [0.2, 0.25) is 5.13 Å². The smallest absolute Gasteiger partial charge is 0.285 e. The van der Waals surface area contributed by atoms with Gasteiger partial charge in [0.25, 0.3) is 5.24 Å². The lowest BCUT2D eigenvalue weighted by molar-refractivity contribution is 0.241. The van der Waals surface area contributed by atoms with Gasteiger partial charge in [-0.05, 0) is 23.9 Å². The maximum Gasteiger partial charge on any atom is 0.285 e. The Morgan fingerprint density at radius 2 is 2.32 bits per heavy atom. The summed E-state index contributed by atoms with van der Waals surface area (Å²) < 4.78 is 0.902. The van der Waals surface area contributed by atoms with Gasteiger partial charge in [0.05, 0.1) is 6.21 Å². The lowest BCUT2D eigenvalue weighted by Crippen LogP contribution is -2.16. The van der Waals surface area contributed by atoms with Gasteiger partial charge in [-0.25, -0.2) is 4.98 Å². The molecule has 0 aliphatic rings. The van der Waals surface area contributed by atoms with E-state index in [1.165, 1.54) is 16.2 Å². The van der Waals surface area contributed by atoms with Crippen LogP contribution in [0.4, 0.5) is 15.7 Å². The van der Waals surface area contributed by atoms with Gasteiger partial charge in [-0.15, -0.1) is 11.3 Å². The number of rotatable bonds is 4. The number of hydrazone groups is 1. The van der Waals surface area contributed by atoms with Crippen LogP contribution in [0.5, 0.6) is 0 Å². The molecular formula is C13H14BrN5OS2. The molecule has 22 heavy (non-hydrogen) atoms. The first-order valence-corrected chi connectivity index (χ1v) is 8.63. The lowest BCUT2D eigenvalue weighted by atomic mass is 10.2. The number of nitrogens with two attached hydrogens (primary N) is 1. The van der Waals surface area contributed by atoms with Crippen molar-refractivity contribution in [2.75, 3.05) is 25.3 Å². The SMILES string of the molecule is CN(C)C(=O)Sc1cc(Br)ccc1C=NNc1nc(N)cs1. The first-order valence-electron chi connectivity index (χ1n) is 6.14. The van der Waals surface area contributed by atoms with E-state index in [0.717, 1.165) is 26.7 Å². The molecule has 0 unspecified atom stereocenters. The highest BCUT2D eigenvalue weighted by Crippen LogP contribution is 2.27. The van der Waals surface area contributed by atoms with Crippen LogP contribution >= 0.6 is 39.0 Å². The highest BCUT2D eigenvalue weighted by atomic mass is 79.9. The molecule has 0 radical (unpaired) electrons. The van der Waals surface area contributed by atoms with Crippen LogP contribution in [-0.2, 0) is 0 Å². The van der Waals surface area contributed by atoms with Crippen LogP contribution in [0.15, 0.2) is 38.0 Å². The van der Waals surface area contributed by atoms with Gasteiger partial charge in [-0.3, -0.25) is 10.2 Å². The molecule has 0 saturated heterocycles. The maximum absolute atomic E-state index is 11.9. The van der Waals surface area contributed by atoms with Crippen LogP contribution in [0.1, 0.15) is 5.56 Å². The Kier molecular flexibility index (Phi) is 5.81. The minimum Gasteiger partial charge on any atom is -0.383 e. The molecule has 9 heteroatoms. The average molecular weight is 400 g/mol. The van der Waals surface area contributed by atoms with E-state index in [1.807, 2.05) is 18.2 Å². The predicted molar refractivity (Wildman–Crippen MR) is 96.8 cm³/mol. The number of halogens is 1. The molecule has 6 nitrogen and oxygen atoms in total. The van der Waals surface area contributed by atoms with E-state index in [4.69, 9.17) is 5.73 Å². The summed E-state index contributed by atoms with van der Waals surface area (Å²) in [7, 11) is 3.44. The molecule has 0 bridgehead atoms. The number of hydrogen-bond donors (Lipinski definition) is 2. The highest BCUT2D eigenvalue weighted by Gasteiger charge is 2.10. The first-order chi connectivity index (χ1) is 10.5. The van der Waals surface area contributed by atoms with Gasteiger partial charge in [-0.1, -0.05) is 22.0 Å².